The normalized spacial score (nSPS) is 18.2. The van der Waals surface area contributed by atoms with Gasteiger partial charge in [-0.25, -0.2) is 14.9 Å². The van der Waals surface area contributed by atoms with Gasteiger partial charge in [-0.2, -0.15) is 0 Å². The number of alkyl halides is 1. The first-order chi connectivity index (χ1) is 8.52. The van der Waals surface area contributed by atoms with Crippen molar-refractivity contribution >= 4 is 17.3 Å². The van der Waals surface area contributed by atoms with Crippen molar-refractivity contribution in [2.24, 2.45) is 0 Å². The summed E-state index contributed by atoms with van der Waals surface area (Å²) in [5.41, 5.74) is 1.40. The molecule has 1 aliphatic rings. The molecular weight excluding hydrogens is 349 g/mol. The predicted molar refractivity (Wildman–Crippen MR) is 66.1 cm³/mol. The standard InChI is InChI=1S/C13H11ClF2NO.Y/c1-7-9(14)3-4-12(17-7)8-5-10(15)13(18-2)11(16)6-8;/h5-6,9,17H,1,3H2,2H3;/q-1;. The third-order valence-corrected chi connectivity index (χ3v) is 3.03. The van der Waals surface area contributed by atoms with E-state index in [9.17, 15) is 8.78 Å². The molecule has 1 radical (unpaired) electrons. The fourth-order valence-electron chi connectivity index (χ4n) is 1.67. The van der Waals surface area contributed by atoms with Gasteiger partial charge in [0.05, 0.1) is 12.5 Å². The molecule has 0 saturated carbocycles. The average Bonchev–Trinajstić information content (AvgIpc) is 2.32. The van der Waals surface area contributed by atoms with Gasteiger partial charge < -0.3 is 10.1 Å². The molecule has 0 amide bonds. The van der Waals surface area contributed by atoms with E-state index in [0.717, 1.165) is 0 Å². The van der Waals surface area contributed by atoms with Crippen LogP contribution in [0.1, 0.15) is 12.0 Å². The molecule has 1 aromatic carbocycles. The molecule has 0 saturated heterocycles. The van der Waals surface area contributed by atoms with Crippen molar-refractivity contribution in [2.45, 2.75) is 11.8 Å². The number of halogens is 3. The maximum absolute atomic E-state index is 13.6. The van der Waals surface area contributed by atoms with Crippen LogP contribution >= 0.6 is 11.6 Å². The van der Waals surface area contributed by atoms with Crippen molar-refractivity contribution in [3.8, 4) is 5.75 Å². The number of benzene rings is 1. The minimum Gasteiger partial charge on any atom is -0.491 e. The van der Waals surface area contributed by atoms with Crippen LogP contribution in [0.3, 0.4) is 0 Å². The maximum atomic E-state index is 13.6. The van der Waals surface area contributed by atoms with E-state index in [4.69, 9.17) is 11.6 Å². The van der Waals surface area contributed by atoms with E-state index >= 15 is 0 Å². The van der Waals surface area contributed by atoms with Crippen LogP contribution in [0.4, 0.5) is 8.78 Å². The quantitative estimate of drug-likeness (QED) is 0.647. The maximum Gasteiger partial charge on any atom is 0.187 e. The number of methoxy groups -OCH3 is 1. The van der Waals surface area contributed by atoms with E-state index in [1.54, 1.807) is 0 Å². The summed E-state index contributed by atoms with van der Waals surface area (Å²) in [6.45, 7) is 3.73. The summed E-state index contributed by atoms with van der Waals surface area (Å²) < 4.78 is 31.7. The van der Waals surface area contributed by atoms with Gasteiger partial charge in [0.2, 0.25) is 0 Å². The molecule has 0 aromatic heterocycles. The van der Waals surface area contributed by atoms with Gasteiger partial charge in [-0.15, -0.1) is 22.9 Å². The third-order valence-electron chi connectivity index (χ3n) is 2.61. The Balaban J connectivity index is 0.00000180. The zero-order valence-corrected chi connectivity index (χ0v) is 13.9. The number of rotatable bonds is 2. The van der Waals surface area contributed by atoms with Crippen LogP contribution in [0.5, 0.6) is 5.75 Å². The fraction of sp³-hybridized carbons (Fsp3) is 0.231. The molecule has 0 fully saturated rings. The Bertz CT molecular complexity index is 510. The summed E-state index contributed by atoms with van der Waals surface area (Å²) >= 11 is 5.92. The topological polar surface area (TPSA) is 21.3 Å². The molecule has 1 aliphatic heterocycles. The Hall–Kier alpha value is -0.446. The van der Waals surface area contributed by atoms with Gasteiger partial charge in [0, 0.05) is 38.4 Å². The second-order valence-corrected chi connectivity index (χ2v) is 4.37. The van der Waals surface area contributed by atoms with Crippen molar-refractivity contribution in [2.75, 3.05) is 7.11 Å². The van der Waals surface area contributed by atoms with E-state index in [1.165, 1.54) is 19.2 Å². The van der Waals surface area contributed by atoms with Gasteiger partial charge in [0.1, 0.15) is 0 Å². The van der Waals surface area contributed by atoms with Crippen LogP contribution < -0.4 is 10.1 Å². The number of nitrogens with one attached hydrogen (secondary N) is 1. The van der Waals surface area contributed by atoms with Gasteiger partial charge >= 0.3 is 0 Å². The summed E-state index contributed by atoms with van der Waals surface area (Å²) in [6, 6.07) is 2.36. The first-order valence-electron chi connectivity index (χ1n) is 5.27. The van der Waals surface area contributed by atoms with Crippen molar-refractivity contribution in [3.63, 3.8) is 0 Å². The molecule has 0 aliphatic carbocycles. The summed E-state index contributed by atoms with van der Waals surface area (Å²) in [6.07, 6.45) is 3.39. The molecule has 99 valence electrons. The van der Waals surface area contributed by atoms with Crippen LogP contribution in [0.2, 0.25) is 0 Å². The Morgan fingerprint density at radius 3 is 2.47 bits per heavy atom. The Morgan fingerprint density at radius 2 is 2.00 bits per heavy atom. The van der Waals surface area contributed by atoms with Crippen molar-refractivity contribution in [3.05, 3.63) is 47.7 Å². The minimum absolute atomic E-state index is 0. The molecule has 1 heterocycles. The van der Waals surface area contributed by atoms with Crippen LogP contribution in [-0.2, 0) is 32.7 Å². The van der Waals surface area contributed by atoms with Gasteiger partial charge in [-0.3, -0.25) is 0 Å². The molecule has 1 atom stereocenters. The van der Waals surface area contributed by atoms with Crippen LogP contribution in [0.25, 0.3) is 5.70 Å². The molecule has 6 heteroatoms. The zero-order valence-electron chi connectivity index (χ0n) is 10.3. The summed E-state index contributed by atoms with van der Waals surface area (Å²) in [5.74, 6) is -1.92. The molecule has 1 aromatic rings. The summed E-state index contributed by atoms with van der Waals surface area (Å²) in [7, 11) is 1.21. The van der Waals surface area contributed by atoms with Crippen LogP contribution in [0, 0.1) is 17.7 Å². The Morgan fingerprint density at radius 1 is 1.42 bits per heavy atom. The van der Waals surface area contributed by atoms with Crippen LogP contribution in [0.15, 0.2) is 24.4 Å². The molecule has 1 N–H and O–H groups in total. The summed E-state index contributed by atoms with van der Waals surface area (Å²) in [5, 5.41) is 2.62. The molecule has 1 unspecified atom stereocenters. The first-order valence-corrected chi connectivity index (χ1v) is 5.70. The first kappa shape index (κ1) is 16.6. The van der Waals surface area contributed by atoms with Crippen molar-refractivity contribution in [1.82, 2.24) is 5.32 Å². The number of hydrogen-bond donors (Lipinski definition) is 1. The van der Waals surface area contributed by atoms with Gasteiger partial charge in [-0.05, 0) is 0 Å². The summed E-state index contributed by atoms with van der Waals surface area (Å²) in [4.78, 5) is 0. The Kier molecular flexibility index (Phi) is 5.96. The van der Waals surface area contributed by atoms with E-state index in [-0.39, 0.29) is 38.1 Å². The van der Waals surface area contributed by atoms with E-state index in [0.29, 0.717) is 23.4 Å². The molecule has 0 bridgehead atoms. The molecule has 19 heavy (non-hydrogen) atoms. The monoisotopic (exact) mass is 359 g/mol. The SMILES string of the molecule is C=C1NC(c2cc(F)c(OC)c(F)c2)=[C-]CC1Cl.[Y]. The molecule has 0 spiro atoms. The number of hydrogen-bond acceptors (Lipinski definition) is 2. The zero-order chi connectivity index (χ0) is 13.3. The molecular formula is C13H11ClF2NOY-. The fourth-order valence-corrected chi connectivity index (χ4v) is 1.80. The smallest absolute Gasteiger partial charge is 0.187 e. The minimum atomic E-state index is -0.762. The number of allylic oxidation sites excluding steroid dienone is 2. The predicted octanol–water partition coefficient (Wildman–Crippen LogP) is 3.23. The average molecular weight is 360 g/mol. The van der Waals surface area contributed by atoms with Crippen molar-refractivity contribution in [1.29, 1.82) is 0 Å². The van der Waals surface area contributed by atoms with Gasteiger partial charge in [0.15, 0.2) is 17.4 Å². The third kappa shape index (κ3) is 3.56. The second-order valence-electron chi connectivity index (χ2n) is 3.85. The largest absolute Gasteiger partial charge is 0.491 e. The van der Waals surface area contributed by atoms with E-state index < -0.39 is 17.4 Å². The van der Waals surface area contributed by atoms with Crippen molar-refractivity contribution < 1.29 is 46.2 Å². The second kappa shape index (κ2) is 6.82. The molecule has 2 rings (SSSR count). The van der Waals surface area contributed by atoms with Gasteiger partial charge in [0.25, 0.3) is 0 Å². The molecule has 2 nitrogen and oxygen atoms in total. The van der Waals surface area contributed by atoms with E-state index in [1.807, 2.05) is 0 Å². The Labute approximate surface area is 140 Å². The number of ether oxygens (including phenoxy) is 1. The van der Waals surface area contributed by atoms with E-state index in [2.05, 4.69) is 22.7 Å². The van der Waals surface area contributed by atoms with Gasteiger partial charge in [-0.1, -0.05) is 25.1 Å². The van der Waals surface area contributed by atoms with Crippen LogP contribution in [-0.4, -0.2) is 12.5 Å².